The van der Waals surface area contributed by atoms with Crippen LogP contribution in [0.3, 0.4) is 0 Å². The molecule has 6 heteroatoms. The van der Waals surface area contributed by atoms with Gasteiger partial charge in [0.05, 0.1) is 5.00 Å². The van der Waals surface area contributed by atoms with Crippen LogP contribution in [0.4, 0.5) is 14.2 Å². The predicted molar refractivity (Wildman–Crippen MR) is 91.5 cm³/mol. The van der Waals surface area contributed by atoms with Gasteiger partial charge >= 0.3 is 6.03 Å². The SMILES string of the molecule is CN(C(=O)Nc1cc2cc(F)ccc2s1)[C@H]1CN2CCC1CC2. The topological polar surface area (TPSA) is 35.6 Å². The number of carbonyl (C=O) groups is 1. The number of nitrogens with zero attached hydrogens (tertiary/aromatic N) is 2. The highest BCUT2D eigenvalue weighted by Gasteiger charge is 2.37. The first kappa shape index (κ1) is 14.9. The standard InChI is InChI=1S/C17H20FN3OS/c1-20(14-10-21-6-4-11(14)5-7-21)17(22)19-16-9-12-8-13(18)2-3-15(12)23-16/h2-3,8-9,11,14H,4-7,10H2,1H3,(H,19,22)/t14-/m0/s1. The third kappa shape index (κ3) is 2.81. The van der Waals surface area contributed by atoms with Crippen LogP contribution < -0.4 is 5.32 Å². The van der Waals surface area contributed by atoms with Crippen LogP contribution in [0.25, 0.3) is 10.1 Å². The second-order valence-corrected chi connectivity index (χ2v) is 7.62. The van der Waals surface area contributed by atoms with E-state index in [2.05, 4.69) is 10.2 Å². The molecular formula is C17H20FN3OS. The molecule has 0 radical (unpaired) electrons. The Balaban J connectivity index is 1.47. The van der Waals surface area contributed by atoms with Gasteiger partial charge in [-0.15, -0.1) is 11.3 Å². The molecule has 1 aromatic carbocycles. The number of anilines is 1. The maximum absolute atomic E-state index is 13.3. The fourth-order valence-electron chi connectivity index (χ4n) is 3.79. The summed E-state index contributed by atoms with van der Waals surface area (Å²) in [6.07, 6.45) is 2.37. The Morgan fingerprint density at radius 1 is 1.35 bits per heavy atom. The number of urea groups is 1. The van der Waals surface area contributed by atoms with E-state index >= 15 is 0 Å². The van der Waals surface area contributed by atoms with Crippen LogP contribution >= 0.6 is 11.3 Å². The predicted octanol–water partition coefficient (Wildman–Crippen LogP) is 3.60. The van der Waals surface area contributed by atoms with Gasteiger partial charge in [0.15, 0.2) is 0 Å². The highest BCUT2D eigenvalue weighted by Crippen LogP contribution is 2.32. The molecule has 1 atom stereocenters. The van der Waals surface area contributed by atoms with Crippen molar-refractivity contribution in [3.05, 3.63) is 30.1 Å². The van der Waals surface area contributed by atoms with E-state index in [1.165, 1.54) is 49.4 Å². The summed E-state index contributed by atoms with van der Waals surface area (Å²) in [7, 11) is 1.88. The number of piperidine rings is 3. The number of nitrogens with one attached hydrogen (secondary N) is 1. The lowest BCUT2D eigenvalue weighted by Gasteiger charge is -2.47. The molecule has 2 bridgehead atoms. The van der Waals surface area contributed by atoms with E-state index in [4.69, 9.17) is 0 Å². The zero-order valence-electron chi connectivity index (χ0n) is 13.1. The molecule has 2 aromatic rings. The summed E-state index contributed by atoms with van der Waals surface area (Å²) in [5.41, 5.74) is 0. The number of benzene rings is 1. The summed E-state index contributed by atoms with van der Waals surface area (Å²) in [5, 5.41) is 4.57. The van der Waals surface area contributed by atoms with E-state index < -0.39 is 0 Å². The lowest BCUT2D eigenvalue weighted by atomic mass is 9.83. The number of rotatable bonds is 2. The van der Waals surface area contributed by atoms with Crippen molar-refractivity contribution >= 4 is 32.5 Å². The first-order chi connectivity index (χ1) is 11.1. The summed E-state index contributed by atoms with van der Waals surface area (Å²) in [6.45, 7) is 3.31. The van der Waals surface area contributed by atoms with Crippen molar-refractivity contribution in [2.75, 3.05) is 32.0 Å². The fraction of sp³-hybridized carbons (Fsp3) is 0.471. The minimum atomic E-state index is -0.252. The molecule has 4 heterocycles. The molecule has 122 valence electrons. The number of amides is 2. The van der Waals surface area contributed by atoms with Crippen molar-refractivity contribution in [1.82, 2.24) is 9.80 Å². The smallest absolute Gasteiger partial charge is 0.322 e. The van der Waals surface area contributed by atoms with Crippen LogP contribution in [-0.2, 0) is 0 Å². The maximum atomic E-state index is 13.3. The maximum Gasteiger partial charge on any atom is 0.322 e. The number of halogens is 1. The minimum Gasteiger partial charge on any atom is -0.323 e. The molecule has 4 nitrogen and oxygen atoms in total. The molecular weight excluding hydrogens is 313 g/mol. The molecule has 0 unspecified atom stereocenters. The van der Waals surface area contributed by atoms with E-state index in [1.54, 1.807) is 6.07 Å². The Bertz CT molecular complexity index is 739. The second-order valence-electron chi connectivity index (χ2n) is 6.54. The number of hydrogen-bond donors (Lipinski definition) is 1. The molecule has 0 spiro atoms. The Hall–Kier alpha value is -1.66. The molecule has 0 saturated carbocycles. The monoisotopic (exact) mass is 333 g/mol. The lowest BCUT2D eigenvalue weighted by Crippen LogP contribution is -2.58. The third-order valence-electron chi connectivity index (χ3n) is 5.15. The van der Waals surface area contributed by atoms with Gasteiger partial charge in [-0.05, 0) is 61.5 Å². The molecule has 3 aliphatic rings. The molecule has 1 N–H and O–H groups in total. The van der Waals surface area contributed by atoms with E-state index in [9.17, 15) is 9.18 Å². The summed E-state index contributed by atoms with van der Waals surface area (Å²) >= 11 is 1.48. The Morgan fingerprint density at radius 3 is 2.83 bits per heavy atom. The number of likely N-dealkylation sites (N-methyl/N-ethyl adjacent to an activating group) is 1. The zero-order chi connectivity index (χ0) is 16.0. The van der Waals surface area contributed by atoms with Crippen LogP contribution in [0.5, 0.6) is 0 Å². The van der Waals surface area contributed by atoms with Crippen LogP contribution in [0, 0.1) is 11.7 Å². The number of hydrogen-bond acceptors (Lipinski definition) is 3. The van der Waals surface area contributed by atoms with E-state index in [1.807, 2.05) is 18.0 Å². The van der Waals surface area contributed by atoms with Gasteiger partial charge in [-0.3, -0.25) is 5.32 Å². The van der Waals surface area contributed by atoms with Crippen molar-refractivity contribution in [2.45, 2.75) is 18.9 Å². The number of thiophene rings is 1. The van der Waals surface area contributed by atoms with Crippen molar-refractivity contribution < 1.29 is 9.18 Å². The Kier molecular flexibility index (Phi) is 3.73. The van der Waals surface area contributed by atoms with Crippen LogP contribution in [0.1, 0.15) is 12.8 Å². The van der Waals surface area contributed by atoms with Gasteiger partial charge in [-0.2, -0.15) is 0 Å². The highest BCUT2D eigenvalue weighted by atomic mass is 32.1. The molecule has 0 aliphatic carbocycles. The summed E-state index contributed by atoms with van der Waals surface area (Å²) in [4.78, 5) is 16.8. The van der Waals surface area contributed by atoms with Crippen molar-refractivity contribution in [2.24, 2.45) is 5.92 Å². The fourth-order valence-corrected chi connectivity index (χ4v) is 4.73. The van der Waals surface area contributed by atoms with Gasteiger partial charge in [0.2, 0.25) is 0 Å². The zero-order valence-corrected chi connectivity index (χ0v) is 13.9. The molecule has 3 saturated heterocycles. The normalized spacial score (nSPS) is 26.4. The van der Waals surface area contributed by atoms with Gasteiger partial charge < -0.3 is 9.80 Å². The Labute approximate surface area is 138 Å². The highest BCUT2D eigenvalue weighted by molar-refractivity contribution is 7.22. The molecule has 2 amide bonds. The van der Waals surface area contributed by atoms with Gasteiger partial charge in [0.25, 0.3) is 0 Å². The molecule has 3 fully saturated rings. The van der Waals surface area contributed by atoms with E-state index in [-0.39, 0.29) is 11.8 Å². The largest absolute Gasteiger partial charge is 0.323 e. The van der Waals surface area contributed by atoms with Crippen LogP contribution in [-0.4, -0.2) is 48.6 Å². The van der Waals surface area contributed by atoms with Crippen LogP contribution in [0.15, 0.2) is 24.3 Å². The van der Waals surface area contributed by atoms with Gasteiger partial charge in [0, 0.05) is 24.3 Å². The summed E-state index contributed by atoms with van der Waals surface area (Å²) < 4.78 is 14.2. The van der Waals surface area contributed by atoms with Crippen molar-refractivity contribution in [1.29, 1.82) is 0 Å². The third-order valence-corrected chi connectivity index (χ3v) is 6.18. The second kappa shape index (κ2) is 5.76. The average molecular weight is 333 g/mol. The van der Waals surface area contributed by atoms with E-state index in [0.29, 0.717) is 12.0 Å². The van der Waals surface area contributed by atoms with E-state index in [0.717, 1.165) is 21.6 Å². The first-order valence-electron chi connectivity index (χ1n) is 8.05. The first-order valence-corrected chi connectivity index (χ1v) is 8.87. The summed E-state index contributed by atoms with van der Waals surface area (Å²) in [6, 6.07) is 6.76. The summed E-state index contributed by atoms with van der Waals surface area (Å²) in [5.74, 6) is 0.366. The number of carbonyl (C=O) groups excluding carboxylic acids is 1. The van der Waals surface area contributed by atoms with Gasteiger partial charge in [-0.1, -0.05) is 0 Å². The molecule has 23 heavy (non-hydrogen) atoms. The molecule has 1 aromatic heterocycles. The molecule has 5 rings (SSSR count). The average Bonchev–Trinajstić information content (AvgIpc) is 2.96. The van der Waals surface area contributed by atoms with Gasteiger partial charge in [-0.25, -0.2) is 9.18 Å². The molecule has 3 aliphatic heterocycles. The Morgan fingerprint density at radius 2 is 2.13 bits per heavy atom. The lowest BCUT2D eigenvalue weighted by molar-refractivity contribution is 0.0336. The van der Waals surface area contributed by atoms with Gasteiger partial charge in [0.1, 0.15) is 5.82 Å². The van der Waals surface area contributed by atoms with Crippen molar-refractivity contribution in [3.8, 4) is 0 Å². The quantitative estimate of drug-likeness (QED) is 0.911. The van der Waals surface area contributed by atoms with Crippen LogP contribution in [0.2, 0.25) is 0 Å². The minimum absolute atomic E-state index is 0.0734. The number of fused-ring (bicyclic) bond motifs is 4. The van der Waals surface area contributed by atoms with Crippen molar-refractivity contribution in [3.63, 3.8) is 0 Å².